The first-order valence-corrected chi connectivity index (χ1v) is 10.1. The summed E-state index contributed by atoms with van der Waals surface area (Å²) < 4.78 is 3.66. The Morgan fingerprint density at radius 3 is 2.69 bits per heavy atom. The van der Waals surface area contributed by atoms with Crippen molar-refractivity contribution in [2.24, 2.45) is 0 Å². The maximum absolute atomic E-state index is 4.89. The molecule has 2 saturated carbocycles. The quantitative estimate of drug-likeness (QED) is 0.571. The highest BCUT2D eigenvalue weighted by Crippen LogP contribution is 2.45. The van der Waals surface area contributed by atoms with Crippen LogP contribution < -0.4 is 5.32 Å². The van der Waals surface area contributed by atoms with E-state index in [1.165, 1.54) is 23.4 Å². The van der Waals surface area contributed by atoms with E-state index in [0.717, 1.165) is 34.7 Å². The van der Waals surface area contributed by atoms with Crippen LogP contribution in [0, 0.1) is 0 Å². The van der Waals surface area contributed by atoms with Gasteiger partial charge < -0.3 is 9.88 Å². The Morgan fingerprint density at radius 1 is 1.00 bits per heavy atom. The molecule has 0 atom stereocenters. The van der Waals surface area contributed by atoms with E-state index in [1.54, 1.807) is 11.3 Å². The molecule has 130 valence electrons. The molecule has 3 heterocycles. The Kier molecular flexibility index (Phi) is 3.11. The standard InChI is InChI=1S/C20H19N5S/c1-2-6-17-15(4-1)24-20(26-17)22-13-10-14(11-13)25-18(12-7-8-12)23-16-5-3-9-21-19(16)25/h1-6,9,12-14H,7-8,10-11H2,(H,22,24). The van der Waals surface area contributed by atoms with E-state index in [1.807, 2.05) is 18.3 Å². The lowest BCUT2D eigenvalue weighted by molar-refractivity contribution is 0.281. The zero-order valence-electron chi connectivity index (χ0n) is 14.3. The Hall–Kier alpha value is -2.47. The third kappa shape index (κ3) is 2.32. The fraction of sp³-hybridized carbons (Fsp3) is 0.350. The fourth-order valence-electron chi connectivity index (χ4n) is 3.96. The second-order valence-corrected chi connectivity index (χ2v) is 8.44. The molecule has 6 rings (SSSR count). The molecule has 5 nitrogen and oxygen atoms in total. The van der Waals surface area contributed by atoms with E-state index in [2.05, 4.69) is 39.1 Å². The number of para-hydroxylation sites is 1. The van der Waals surface area contributed by atoms with Crippen molar-refractivity contribution in [1.82, 2.24) is 19.5 Å². The number of thiazole rings is 1. The summed E-state index contributed by atoms with van der Waals surface area (Å²) in [6.07, 6.45) is 6.63. The van der Waals surface area contributed by atoms with E-state index in [4.69, 9.17) is 9.97 Å². The summed E-state index contributed by atoms with van der Waals surface area (Å²) in [6.45, 7) is 0. The molecule has 4 aromatic rings. The normalized spacial score (nSPS) is 22.6. The molecule has 3 aromatic heterocycles. The molecule has 6 heteroatoms. The van der Waals surface area contributed by atoms with Crippen molar-refractivity contribution in [2.75, 3.05) is 5.32 Å². The van der Waals surface area contributed by atoms with Crippen molar-refractivity contribution >= 4 is 37.8 Å². The second-order valence-electron chi connectivity index (χ2n) is 7.41. The summed E-state index contributed by atoms with van der Waals surface area (Å²) in [5.74, 6) is 1.89. The van der Waals surface area contributed by atoms with E-state index in [0.29, 0.717) is 18.0 Å². The first kappa shape index (κ1) is 14.7. The highest BCUT2D eigenvalue weighted by molar-refractivity contribution is 7.22. The molecule has 0 radical (unpaired) electrons. The minimum atomic E-state index is 0.480. The van der Waals surface area contributed by atoms with Crippen LogP contribution in [0.4, 0.5) is 5.13 Å². The van der Waals surface area contributed by atoms with Crippen LogP contribution in [0.5, 0.6) is 0 Å². The van der Waals surface area contributed by atoms with Crippen molar-refractivity contribution in [3.05, 3.63) is 48.4 Å². The zero-order valence-corrected chi connectivity index (χ0v) is 15.1. The minimum absolute atomic E-state index is 0.480. The van der Waals surface area contributed by atoms with Crippen molar-refractivity contribution in [3.63, 3.8) is 0 Å². The van der Waals surface area contributed by atoms with Crippen LogP contribution in [0.25, 0.3) is 21.4 Å². The highest BCUT2D eigenvalue weighted by Gasteiger charge is 2.37. The Labute approximate surface area is 155 Å². The SMILES string of the molecule is c1ccc2sc(NC3CC(n4c(C5CC5)nc5cccnc54)C3)nc2c1. The molecule has 0 bridgehead atoms. The van der Waals surface area contributed by atoms with Gasteiger partial charge in [-0.15, -0.1) is 0 Å². The molecule has 0 amide bonds. The van der Waals surface area contributed by atoms with Gasteiger partial charge in [0.1, 0.15) is 11.3 Å². The van der Waals surface area contributed by atoms with Gasteiger partial charge in [0.05, 0.1) is 10.2 Å². The molecule has 0 aliphatic heterocycles. The van der Waals surface area contributed by atoms with Gasteiger partial charge in [0, 0.05) is 24.2 Å². The molecule has 0 spiro atoms. The number of benzene rings is 1. The number of pyridine rings is 1. The zero-order chi connectivity index (χ0) is 17.1. The molecule has 2 aliphatic carbocycles. The van der Waals surface area contributed by atoms with E-state index < -0.39 is 0 Å². The second kappa shape index (κ2) is 5.51. The number of nitrogens with zero attached hydrogens (tertiary/aromatic N) is 4. The van der Waals surface area contributed by atoms with Crippen molar-refractivity contribution in [2.45, 2.75) is 43.7 Å². The van der Waals surface area contributed by atoms with Gasteiger partial charge in [-0.25, -0.2) is 15.0 Å². The van der Waals surface area contributed by atoms with Gasteiger partial charge >= 0.3 is 0 Å². The van der Waals surface area contributed by atoms with E-state index in [-0.39, 0.29) is 0 Å². The number of imidazole rings is 1. The number of fused-ring (bicyclic) bond motifs is 2. The monoisotopic (exact) mass is 361 g/mol. The molecular weight excluding hydrogens is 342 g/mol. The number of hydrogen-bond donors (Lipinski definition) is 1. The van der Waals surface area contributed by atoms with Crippen LogP contribution >= 0.6 is 11.3 Å². The smallest absolute Gasteiger partial charge is 0.184 e. The number of rotatable bonds is 4. The highest BCUT2D eigenvalue weighted by atomic mass is 32.1. The lowest BCUT2D eigenvalue weighted by Gasteiger charge is -2.37. The topological polar surface area (TPSA) is 55.6 Å². The molecule has 0 unspecified atom stereocenters. The molecule has 26 heavy (non-hydrogen) atoms. The molecule has 1 N–H and O–H groups in total. The van der Waals surface area contributed by atoms with E-state index >= 15 is 0 Å². The Morgan fingerprint density at radius 2 is 1.85 bits per heavy atom. The maximum atomic E-state index is 4.89. The first-order chi connectivity index (χ1) is 12.8. The number of anilines is 1. The molecule has 2 aliphatic rings. The molecule has 1 aromatic carbocycles. The summed E-state index contributed by atoms with van der Waals surface area (Å²) in [6, 6.07) is 13.4. The van der Waals surface area contributed by atoms with Gasteiger partial charge in [-0.05, 0) is 49.9 Å². The van der Waals surface area contributed by atoms with Crippen LogP contribution in [0.3, 0.4) is 0 Å². The van der Waals surface area contributed by atoms with Gasteiger partial charge in [-0.2, -0.15) is 0 Å². The summed E-state index contributed by atoms with van der Waals surface area (Å²) in [7, 11) is 0. The summed E-state index contributed by atoms with van der Waals surface area (Å²) in [5, 5.41) is 4.66. The minimum Gasteiger partial charge on any atom is -0.359 e. The largest absolute Gasteiger partial charge is 0.359 e. The fourth-order valence-corrected chi connectivity index (χ4v) is 4.90. The van der Waals surface area contributed by atoms with Crippen LogP contribution in [0.15, 0.2) is 42.6 Å². The lowest BCUT2D eigenvalue weighted by atomic mass is 9.86. The van der Waals surface area contributed by atoms with Gasteiger partial charge in [0.15, 0.2) is 10.8 Å². The Bertz CT molecular complexity index is 1070. The van der Waals surface area contributed by atoms with E-state index in [9.17, 15) is 0 Å². The summed E-state index contributed by atoms with van der Waals surface area (Å²) in [5.41, 5.74) is 3.17. The van der Waals surface area contributed by atoms with Crippen LogP contribution in [0.2, 0.25) is 0 Å². The van der Waals surface area contributed by atoms with Gasteiger partial charge in [0.2, 0.25) is 0 Å². The van der Waals surface area contributed by atoms with Crippen LogP contribution in [-0.4, -0.2) is 25.6 Å². The Balaban J connectivity index is 1.24. The molecule has 0 saturated heterocycles. The average Bonchev–Trinajstić information content (AvgIpc) is 3.28. The number of aromatic nitrogens is 4. The van der Waals surface area contributed by atoms with Crippen molar-refractivity contribution in [3.8, 4) is 0 Å². The third-order valence-corrected chi connectivity index (χ3v) is 6.49. The van der Waals surface area contributed by atoms with Crippen LogP contribution in [-0.2, 0) is 0 Å². The van der Waals surface area contributed by atoms with Crippen molar-refractivity contribution < 1.29 is 0 Å². The summed E-state index contributed by atoms with van der Waals surface area (Å²) in [4.78, 5) is 14.2. The predicted molar refractivity (Wildman–Crippen MR) is 105 cm³/mol. The average molecular weight is 361 g/mol. The van der Waals surface area contributed by atoms with Gasteiger partial charge in [-0.1, -0.05) is 23.5 Å². The number of nitrogens with one attached hydrogen (secondary N) is 1. The number of hydrogen-bond acceptors (Lipinski definition) is 5. The van der Waals surface area contributed by atoms with Gasteiger partial charge in [-0.3, -0.25) is 0 Å². The summed E-state index contributed by atoms with van der Waals surface area (Å²) >= 11 is 1.74. The molecule has 2 fully saturated rings. The first-order valence-electron chi connectivity index (χ1n) is 9.30. The lowest BCUT2D eigenvalue weighted by Crippen LogP contribution is -2.37. The van der Waals surface area contributed by atoms with Crippen molar-refractivity contribution in [1.29, 1.82) is 0 Å². The predicted octanol–water partition coefficient (Wildman–Crippen LogP) is 4.73. The molecular formula is C20H19N5S. The maximum Gasteiger partial charge on any atom is 0.184 e. The van der Waals surface area contributed by atoms with Gasteiger partial charge in [0.25, 0.3) is 0 Å². The third-order valence-electron chi connectivity index (χ3n) is 5.52. The van der Waals surface area contributed by atoms with Crippen LogP contribution in [0.1, 0.15) is 43.5 Å².